The molecule has 4 nitrogen and oxygen atoms in total. The summed E-state index contributed by atoms with van der Waals surface area (Å²) in [4.78, 5) is 15.7. The van der Waals surface area contributed by atoms with E-state index in [4.69, 9.17) is 4.42 Å². The maximum absolute atomic E-state index is 12.3. The first-order valence-electron chi connectivity index (χ1n) is 8.79. The van der Waals surface area contributed by atoms with Crippen molar-refractivity contribution in [3.63, 3.8) is 0 Å². The summed E-state index contributed by atoms with van der Waals surface area (Å²) < 4.78 is 5.45. The van der Waals surface area contributed by atoms with Crippen molar-refractivity contribution in [2.45, 2.75) is 6.92 Å². The van der Waals surface area contributed by atoms with Gasteiger partial charge in [0.2, 0.25) is 5.91 Å². The van der Waals surface area contributed by atoms with E-state index in [0.29, 0.717) is 0 Å². The SMILES string of the molecule is Cc1ccc(/C=C/C(=O)N2CC[NH+](CC=Cc3ccccc3)CC2)o1. The van der Waals surface area contributed by atoms with Crippen LogP contribution in [0.1, 0.15) is 17.1 Å². The van der Waals surface area contributed by atoms with E-state index in [1.165, 1.54) is 10.5 Å². The summed E-state index contributed by atoms with van der Waals surface area (Å²) in [5, 5.41) is 0. The Morgan fingerprint density at radius 3 is 2.56 bits per heavy atom. The summed E-state index contributed by atoms with van der Waals surface area (Å²) in [5.41, 5.74) is 1.23. The van der Waals surface area contributed by atoms with Crippen molar-refractivity contribution in [3.05, 3.63) is 71.7 Å². The number of aryl methyl sites for hydroxylation is 1. The number of amides is 1. The summed E-state index contributed by atoms with van der Waals surface area (Å²) in [5.74, 6) is 1.64. The van der Waals surface area contributed by atoms with Crippen LogP contribution in [0.4, 0.5) is 0 Å². The van der Waals surface area contributed by atoms with Crippen LogP contribution in [-0.2, 0) is 4.79 Å². The molecule has 0 saturated carbocycles. The lowest BCUT2D eigenvalue weighted by Gasteiger charge is -2.31. The van der Waals surface area contributed by atoms with E-state index in [9.17, 15) is 4.79 Å². The highest BCUT2D eigenvalue weighted by molar-refractivity contribution is 5.91. The van der Waals surface area contributed by atoms with E-state index in [1.54, 1.807) is 12.2 Å². The van der Waals surface area contributed by atoms with E-state index in [1.807, 2.05) is 30.0 Å². The van der Waals surface area contributed by atoms with Crippen LogP contribution in [0, 0.1) is 6.92 Å². The molecule has 1 amide bonds. The third-order valence-corrected chi connectivity index (χ3v) is 4.45. The minimum atomic E-state index is 0.0629. The number of furan rings is 1. The molecular weight excluding hydrogens is 312 g/mol. The molecule has 1 aromatic heterocycles. The first kappa shape index (κ1) is 17.2. The number of hydrogen-bond acceptors (Lipinski definition) is 2. The summed E-state index contributed by atoms with van der Waals surface area (Å²) in [6, 6.07) is 14.1. The molecule has 4 heteroatoms. The van der Waals surface area contributed by atoms with Crippen molar-refractivity contribution >= 4 is 18.1 Å². The quantitative estimate of drug-likeness (QED) is 0.848. The molecular formula is C21H25N2O2+. The average molecular weight is 337 g/mol. The lowest BCUT2D eigenvalue weighted by molar-refractivity contribution is -0.898. The molecule has 1 saturated heterocycles. The van der Waals surface area contributed by atoms with Gasteiger partial charge in [0.1, 0.15) is 11.5 Å². The van der Waals surface area contributed by atoms with Crippen molar-refractivity contribution in [2.75, 3.05) is 32.7 Å². The van der Waals surface area contributed by atoms with Crippen LogP contribution in [0.15, 0.2) is 59.0 Å². The zero-order chi connectivity index (χ0) is 17.5. The van der Waals surface area contributed by atoms with Gasteiger partial charge in [-0.2, -0.15) is 0 Å². The second-order valence-corrected chi connectivity index (χ2v) is 6.37. The van der Waals surface area contributed by atoms with Crippen molar-refractivity contribution in [2.24, 2.45) is 0 Å². The monoisotopic (exact) mass is 337 g/mol. The number of carbonyl (C=O) groups excluding carboxylic acids is 1. The van der Waals surface area contributed by atoms with Gasteiger partial charge in [-0.1, -0.05) is 36.4 Å². The highest BCUT2D eigenvalue weighted by Crippen LogP contribution is 2.08. The largest absolute Gasteiger partial charge is 0.462 e. The zero-order valence-electron chi connectivity index (χ0n) is 14.7. The minimum absolute atomic E-state index is 0.0629. The van der Waals surface area contributed by atoms with Crippen molar-refractivity contribution < 1.29 is 14.1 Å². The number of rotatable bonds is 5. The normalized spacial score (nSPS) is 16.1. The van der Waals surface area contributed by atoms with Crippen molar-refractivity contribution in [1.29, 1.82) is 0 Å². The Hall–Kier alpha value is -2.59. The maximum atomic E-state index is 12.3. The molecule has 0 radical (unpaired) electrons. The number of hydrogen-bond donors (Lipinski definition) is 1. The van der Waals surface area contributed by atoms with Gasteiger partial charge in [-0.15, -0.1) is 0 Å². The van der Waals surface area contributed by atoms with Crippen LogP contribution in [0.2, 0.25) is 0 Å². The molecule has 2 heterocycles. The van der Waals surface area contributed by atoms with Gasteiger partial charge >= 0.3 is 0 Å². The summed E-state index contributed by atoms with van der Waals surface area (Å²) >= 11 is 0. The topological polar surface area (TPSA) is 37.9 Å². The molecule has 0 bridgehead atoms. The fourth-order valence-corrected chi connectivity index (χ4v) is 2.98. The molecule has 1 aliphatic heterocycles. The second-order valence-electron chi connectivity index (χ2n) is 6.37. The van der Waals surface area contributed by atoms with Crippen molar-refractivity contribution in [3.8, 4) is 0 Å². The Morgan fingerprint density at radius 1 is 1.12 bits per heavy atom. The molecule has 1 aromatic carbocycles. The third kappa shape index (κ3) is 5.19. The molecule has 0 spiro atoms. The summed E-state index contributed by atoms with van der Waals surface area (Å²) in [6.07, 6.45) is 7.75. The Labute approximate surface area is 149 Å². The Bertz CT molecular complexity index is 738. The van der Waals surface area contributed by atoms with Crippen LogP contribution in [0.5, 0.6) is 0 Å². The Balaban J connectivity index is 1.43. The Kier molecular flexibility index (Phi) is 5.86. The molecule has 0 unspecified atom stereocenters. The lowest BCUT2D eigenvalue weighted by atomic mass is 10.2. The summed E-state index contributed by atoms with van der Waals surface area (Å²) in [6.45, 7) is 6.46. The van der Waals surface area contributed by atoms with Gasteiger partial charge < -0.3 is 14.2 Å². The van der Waals surface area contributed by atoms with Crippen LogP contribution in [-0.4, -0.2) is 43.5 Å². The standard InChI is InChI=1S/C21H24N2O2/c1-18-9-10-20(25-18)11-12-21(24)23-16-14-22(15-17-23)13-5-8-19-6-3-2-4-7-19/h2-12H,13-17H2,1H3/p+1/b8-5?,12-11+. The third-order valence-electron chi connectivity index (χ3n) is 4.45. The first-order chi connectivity index (χ1) is 12.2. The number of benzene rings is 1. The van der Waals surface area contributed by atoms with E-state index in [0.717, 1.165) is 44.2 Å². The fraction of sp³-hybridized carbons (Fsp3) is 0.286. The van der Waals surface area contributed by atoms with Gasteiger partial charge in [0, 0.05) is 6.08 Å². The predicted octanol–water partition coefficient (Wildman–Crippen LogP) is 2.04. The molecule has 130 valence electrons. The van der Waals surface area contributed by atoms with Gasteiger partial charge in [0.25, 0.3) is 0 Å². The van der Waals surface area contributed by atoms with E-state index in [2.05, 4.69) is 36.4 Å². The van der Waals surface area contributed by atoms with Crippen LogP contribution in [0.25, 0.3) is 12.2 Å². The number of nitrogens with zero attached hydrogens (tertiary/aromatic N) is 1. The van der Waals surface area contributed by atoms with Crippen LogP contribution in [0.3, 0.4) is 0 Å². The minimum Gasteiger partial charge on any atom is -0.462 e. The zero-order valence-corrected chi connectivity index (χ0v) is 14.7. The average Bonchev–Trinajstić information content (AvgIpc) is 3.06. The lowest BCUT2D eigenvalue weighted by Crippen LogP contribution is -3.14. The molecule has 3 rings (SSSR count). The van der Waals surface area contributed by atoms with Gasteiger partial charge in [-0.25, -0.2) is 0 Å². The van der Waals surface area contributed by atoms with Gasteiger partial charge in [0.15, 0.2) is 0 Å². The van der Waals surface area contributed by atoms with Gasteiger partial charge in [-0.3, -0.25) is 4.79 Å². The smallest absolute Gasteiger partial charge is 0.247 e. The molecule has 2 aromatic rings. The molecule has 0 atom stereocenters. The molecule has 1 N–H and O–H groups in total. The Morgan fingerprint density at radius 2 is 1.88 bits per heavy atom. The number of nitrogens with one attached hydrogen (secondary N) is 1. The highest BCUT2D eigenvalue weighted by atomic mass is 16.3. The predicted molar refractivity (Wildman–Crippen MR) is 100 cm³/mol. The molecule has 1 fully saturated rings. The second kappa shape index (κ2) is 8.49. The maximum Gasteiger partial charge on any atom is 0.247 e. The van der Waals surface area contributed by atoms with Crippen LogP contribution >= 0.6 is 0 Å². The molecule has 25 heavy (non-hydrogen) atoms. The van der Waals surface area contributed by atoms with Gasteiger partial charge in [-0.05, 0) is 36.8 Å². The molecule has 0 aliphatic carbocycles. The van der Waals surface area contributed by atoms with Gasteiger partial charge in [0.05, 0.1) is 32.7 Å². The molecule has 1 aliphatic rings. The number of piperazine rings is 1. The van der Waals surface area contributed by atoms with Crippen molar-refractivity contribution in [1.82, 2.24) is 4.90 Å². The fourth-order valence-electron chi connectivity index (χ4n) is 2.98. The highest BCUT2D eigenvalue weighted by Gasteiger charge is 2.21. The van der Waals surface area contributed by atoms with E-state index in [-0.39, 0.29) is 5.91 Å². The number of quaternary nitrogens is 1. The number of carbonyl (C=O) groups is 1. The van der Waals surface area contributed by atoms with E-state index < -0.39 is 0 Å². The first-order valence-corrected chi connectivity index (χ1v) is 8.79. The van der Waals surface area contributed by atoms with E-state index >= 15 is 0 Å². The van der Waals surface area contributed by atoms with Crippen LogP contribution < -0.4 is 4.90 Å². The summed E-state index contributed by atoms with van der Waals surface area (Å²) in [7, 11) is 0.